The van der Waals surface area contributed by atoms with Crippen molar-refractivity contribution in [1.29, 1.82) is 0 Å². The Morgan fingerprint density at radius 2 is 2.04 bits per heavy atom. The highest BCUT2D eigenvalue weighted by Gasteiger charge is 2.24. The fraction of sp³-hybridized carbons (Fsp3) is 0.450. The standard InChI is InChI=1S/C20H27N3O2S.HI/c1-20(2,15-7-8-17-18(12-15)25-14-24-17)13-22-19(21-3)23(4)10-9-16-6-5-11-26-16;/h5-8,11-12H,9-10,13-14H2,1-4H3,(H,21,22);1H. The van der Waals surface area contributed by atoms with Gasteiger partial charge in [0.15, 0.2) is 17.5 Å². The van der Waals surface area contributed by atoms with Crippen molar-refractivity contribution in [2.24, 2.45) is 4.99 Å². The second kappa shape index (κ2) is 9.64. The molecule has 0 saturated heterocycles. The smallest absolute Gasteiger partial charge is 0.231 e. The van der Waals surface area contributed by atoms with E-state index in [1.165, 1.54) is 10.4 Å². The zero-order valence-corrected chi connectivity index (χ0v) is 19.5. The molecule has 3 rings (SSSR count). The molecule has 1 aromatic carbocycles. The number of benzene rings is 1. The van der Waals surface area contributed by atoms with Crippen LogP contribution < -0.4 is 14.8 Å². The first-order valence-electron chi connectivity index (χ1n) is 8.84. The quantitative estimate of drug-likeness (QED) is 0.368. The molecule has 5 nitrogen and oxygen atoms in total. The van der Waals surface area contributed by atoms with E-state index in [1.807, 2.05) is 13.1 Å². The van der Waals surface area contributed by atoms with Crippen LogP contribution in [0.4, 0.5) is 0 Å². The van der Waals surface area contributed by atoms with E-state index in [4.69, 9.17) is 9.47 Å². The molecule has 0 amide bonds. The lowest BCUT2D eigenvalue weighted by Crippen LogP contribution is -2.44. The van der Waals surface area contributed by atoms with E-state index >= 15 is 0 Å². The van der Waals surface area contributed by atoms with E-state index in [0.717, 1.165) is 37.0 Å². The predicted octanol–water partition coefficient (Wildman–Crippen LogP) is 4.12. The molecule has 0 aliphatic carbocycles. The largest absolute Gasteiger partial charge is 0.454 e. The summed E-state index contributed by atoms with van der Waals surface area (Å²) in [7, 11) is 3.91. The summed E-state index contributed by atoms with van der Waals surface area (Å²) in [6.45, 7) is 6.46. The molecule has 148 valence electrons. The molecule has 2 heterocycles. The number of hydrogen-bond donors (Lipinski definition) is 1. The first kappa shape index (κ1) is 21.8. The highest BCUT2D eigenvalue weighted by atomic mass is 127. The number of rotatable bonds is 6. The molecular weight excluding hydrogens is 473 g/mol. The molecular formula is C20H28IN3O2S. The summed E-state index contributed by atoms with van der Waals surface area (Å²) in [5.41, 5.74) is 1.15. The van der Waals surface area contributed by atoms with Crippen molar-refractivity contribution in [3.05, 3.63) is 46.2 Å². The number of likely N-dealkylation sites (N-methyl/N-ethyl adjacent to an activating group) is 1. The van der Waals surface area contributed by atoms with Crippen molar-refractivity contribution in [3.63, 3.8) is 0 Å². The maximum absolute atomic E-state index is 5.51. The lowest BCUT2D eigenvalue weighted by atomic mass is 9.84. The van der Waals surface area contributed by atoms with Gasteiger partial charge >= 0.3 is 0 Å². The Labute approximate surface area is 182 Å². The van der Waals surface area contributed by atoms with Crippen LogP contribution in [-0.2, 0) is 11.8 Å². The normalized spacial score (nSPS) is 13.3. The lowest BCUT2D eigenvalue weighted by Gasteiger charge is -2.29. The molecule has 0 radical (unpaired) electrons. The number of guanidine groups is 1. The van der Waals surface area contributed by atoms with Gasteiger partial charge in [-0.2, -0.15) is 0 Å². The van der Waals surface area contributed by atoms with Crippen LogP contribution in [0, 0.1) is 0 Å². The van der Waals surface area contributed by atoms with Gasteiger partial charge in [0, 0.05) is 37.5 Å². The Kier molecular flexibility index (Phi) is 7.79. The Balaban J connectivity index is 0.00000261. The molecule has 1 aliphatic heterocycles. The average Bonchev–Trinajstić information content (AvgIpc) is 3.31. The van der Waals surface area contributed by atoms with E-state index in [2.05, 4.69) is 65.7 Å². The Bertz CT molecular complexity index is 763. The van der Waals surface area contributed by atoms with E-state index in [0.29, 0.717) is 6.79 Å². The molecule has 27 heavy (non-hydrogen) atoms. The van der Waals surface area contributed by atoms with Gasteiger partial charge in [-0.25, -0.2) is 0 Å². The van der Waals surface area contributed by atoms with Crippen LogP contribution in [0.3, 0.4) is 0 Å². The number of ether oxygens (including phenoxy) is 2. The molecule has 0 atom stereocenters. The molecule has 2 aromatic rings. The SMILES string of the molecule is CN=C(NCC(C)(C)c1ccc2c(c1)OCO2)N(C)CCc1cccs1.I. The number of halogens is 1. The van der Waals surface area contributed by atoms with Crippen molar-refractivity contribution in [3.8, 4) is 11.5 Å². The van der Waals surface area contributed by atoms with Gasteiger partial charge in [0.1, 0.15) is 0 Å². The van der Waals surface area contributed by atoms with Crippen molar-refractivity contribution in [1.82, 2.24) is 10.2 Å². The monoisotopic (exact) mass is 501 g/mol. The van der Waals surface area contributed by atoms with Gasteiger partial charge in [-0.15, -0.1) is 35.3 Å². The highest BCUT2D eigenvalue weighted by molar-refractivity contribution is 14.0. The maximum Gasteiger partial charge on any atom is 0.231 e. The number of hydrogen-bond acceptors (Lipinski definition) is 4. The Morgan fingerprint density at radius 3 is 2.74 bits per heavy atom. The average molecular weight is 501 g/mol. The minimum absolute atomic E-state index is 0. The number of fused-ring (bicyclic) bond motifs is 1. The van der Waals surface area contributed by atoms with E-state index in [1.54, 1.807) is 11.3 Å². The van der Waals surface area contributed by atoms with E-state index in [9.17, 15) is 0 Å². The Morgan fingerprint density at radius 1 is 1.26 bits per heavy atom. The molecule has 0 spiro atoms. The molecule has 0 saturated carbocycles. The number of nitrogens with one attached hydrogen (secondary N) is 1. The predicted molar refractivity (Wildman–Crippen MR) is 123 cm³/mol. The van der Waals surface area contributed by atoms with Crippen LogP contribution in [-0.4, -0.2) is 44.8 Å². The van der Waals surface area contributed by atoms with E-state index < -0.39 is 0 Å². The first-order chi connectivity index (χ1) is 12.5. The van der Waals surface area contributed by atoms with Crippen molar-refractivity contribution in [2.75, 3.05) is 34.0 Å². The van der Waals surface area contributed by atoms with Crippen LogP contribution >= 0.6 is 35.3 Å². The van der Waals surface area contributed by atoms with Crippen LogP contribution in [0.1, 0.15) is 24.3 Å². The summed E-state index contributed by atoms with van der Waals surface area (Å²) < 4.78 is 10.9. The van der Waals surface area contributed by atoms with Crippen LogP contribution in [0.25, 0.3) is 0 Å². The zero-order chi connectivity index (χ0) is 18.6. The second-order valence-corrected chi connectivity index (χ2v) is 8.14. The van der Waals surface area contributed by atoms with Gasteiger partial charge in [-0.1, -0.05) is 26.0 Å². The van der Waals surface area contributed by atoms with Crippen molar-refractivity contribution in [2.45, 2.75) is 25.7 Å². The third kappa shape index (κ3) is 5.51. The highest BCUT2D eigenvalue weighted by Crippen LogP contribution is 2.36. The summed E-state index contributed by atoms with van der Waals surface area (Å²) in [5, 5.41) is 5.63. The summed E-state index contributed by atoms with van der Waals surface area (Å²) in [4.78, 5) is 8.00. The summed E-state index contributed by atoms with van der Waals surface area (Å²) in [5.74, 6) is 2.56. The van der Waals surface area contributed by atoms with Gasteiger partial charge in [0.2, 0.25) is 6.79 Å². The molecule has 0 fully saturated rings. The van der Waals surface area contributed by atoms with Gasteiger partial charge in [0.05, 0.1) is 0 Å². The number of aliphatic imine (C=N–C) groups is 1. The fourth-order valence-corrected chi connectivity index (χ4v) is 3.64. The lowest BCUT2D eigenvalue weighted by molar-refractivity contribution is 0.174. The van der Waals surface area contributed by atoms with E-state index in [-0.39, 0.29) is 29.4 Å². The molecule has 1 aliphatic rings. The molecule has 1 aromatic heterocycles. The van der Waals surface area contributed by atoms with Crippen molar-refractivity contribution >= 4 is 41.3 Å². The minimum Gasteiger partial charge on any atom is -0.454 e. The van der Waals surface area contributed by atoms with Crippen LogP contribution in [0.2, 0.25) is 0 Å². The van der Waals surface area contributed by atoms with Gasteiger partial charge in [0.25, 0.3) is 0 Å². The van der Waals surface area contributed by atoms with Gasteiger partial charge in [-0.05, 0) is 35.6 Å². The number of thiophene rings is 1. The summed E-state index contributed by atoms with van der Waals surface area (Å²) >= 11 is 1.80. The van der Waals surface area contributed by atoms with Crippen molar-refractivity contribution < 1.29 is 9.47 Å². The molecule has 0 bridgehead atoms. The molecule has 7 heteroatoms. The fourth-order valence-electron chi connectivity index (χ4n) is 2.94. The van der Waals surface area contributed by atoms with Crippen LogP contribution in [0.15, 0.2) is 40.7 Å². The van der Waals surface area contributed by atoms with Crippen LogP contribution in [0.5, 0.6) is 11.5 Å². The minimum atomic E-state index is -0.0640. The molecule has 0 unspecified atom stereocenters. The third-order valence-electron chi connectivity index (χ3n) is 4.69. The first-order valence-corrected chi connectivity index (χ1v) is 9.72. The third-order valence-corrected chi connectivity index (χ3v) is 5.63. The summed E-state index contributed by atoms with van der Waals surface area (Å²) in [6.07, 6.45) is 1.03. The maximum atomic E-state index is 5.51. The second-order valence-electron chi connectivity index (χ2n) is 7.10. The van der Waals surface area contributed by atoms with Gasteiger partial charge < -0.3 is 19.7 Å². The summed E-state index contributed by atoms with van der Waals surface area (Å²) in [6, 6.07) is 10.4. The zero-order valence-electron chi connectivity index (χ0n) is 16.3. The Hall–Kier alpha value is -1.48. The number of nitrogens with zero attached hydrogens (tertiary/aromatic N) is 2. The molecule has 1 N–H and O–H groups in total. The topological polar surface area (TPSA) is 46.1 Å². The van der Waals surface area contributed by atoms with Gasteiger partial charge in [-0.3, -0.25) is 4.99 Å².